The molecule has 0 amide bonds. The second-order valence-electron chi connectivity index (χ2n) is 5.59. The van der Waals surface area contributed by atoms with E-state index in [4.69, 9.17) is 24.5 Å². The van der Waals surface area contributed by atoms with Crippen LogP contribution in [0.2, 0.25) is 0 Å². The summed E-state index contributed by atoms with van der Waals surface area (Å²) in [4.78, 5) is 0. The molecule has 113 valence electrons. The summed E-state index contributed by atoms with van der Waals surface area (Å²) < 4.78 is 0. The molecule has 0 bridgehead atoms. The molecule has 0 nitrogen and oxygen atoms in total. The molecular weight excluding hydrogens is 354 g/mol. The van der Waals surface area contributed by atoms with Crippen molar-refractivity contribution in [3.63, 3.8) is 0 Å². The number of hydrogen-bond acceptors (Lipinski definition) is 1. The second kappa shape index (κ2) is 5.87. The Morgan fingerprint density at radius 1 is 0.739 bits per heavy atom. The van der Waals surface area contributed by atoms with Crippen molar-refractivity contribution in [1.29, 1.82) is 0 Å². The zero-order chi connectivity index (χ0) is 15.9. The zero-order valence-electron chi connectivity index (χ0n) is 12.4. The highest BCUT2D eigenvalue weighted by molar-refractivity contribution is 8.67. The van der Waals surface area contributed by atoms with Gasteiger partial charge in [0.05, 0.1) is 16.1 Å². The summed E-state index contributed by atoms with van der Waals surface area (Å²) in [6, 6.07) is 29.6. The molecule has 0 saturated carbocycles. The van der Waals surface area contributed by atoms with Crippen LogP contribution in [0.1, 0.15) is 0 Å². The maximum atomic E-state index is 6.25. The first-order valence-corrected chi connectivity index (χ1v) is 13.2. The lowest BCUT2D eigenvalue weighted by Crippen LogP contribution is -2.27. The van der Waals surface area contributed by atoms with Crippen molar-refractivity contribution in [2.45, 2.75) is 0 Å². The van der Waals surface area contributed by atoms with Crippen LogP contribution in [0.25, 0.3) is 0 Å². The van der Waals surface area contributed by atoms with Gasteiger partial charge in [-0.1, -0.05) is 60.7 Å². The van der Waals surface area contributed by atoms with Crippen LogP contribution >= 0.6 is 24.8 Å². The predicted octanol–water partition coefficient (Wildman–Crippen LogP) is 3.97. The first kappa shape index (κ1) is 15.6. The van der Waals surface area contributed by atoms with E-state index in [9.17, 15) is 0 Å². The number of fused-ring (bicyclic) bond motifs is 1. The van der Waals surface area contributed by atoms with Crippen molar-refractivity contribution < 1.29 is 0 Å². The third kappa shape index (κ3) is 2.44. The Balaban J connectivity index is 2.04. The van der Waals surface area contributed by atoms with Gasteiger partial charge in [-0.2, -0.15) is 0 Å². The SMILES string of the molecule is [S]P1(c2ccccc2)=C[P+]([S-])(c2ccccc2)c2ccccc21. The molecule has 2 unspecified atom stereocenters. The van der Waals surface area contributed by atoms with Gasteiger partial charge >= 0.3 is 0 Å². The molecule has 1 aliphatic heterocycles. The van der Waals surface area contributed by atoms with E-state index in [1.165, 1.54) is 21.2 Å². The van der Waals surface area contributed by atoms with Crippen LogP contribution in [0.5, 0.6) is 0 Å². The van der Waals surface area contributed by atoms with E-state index in [0.29, 0.717) is 0 Å². The van der Waals surface area contributed by atoms with Gasteiger partial charge in [0, 0.05) is 11.4 Å². The van der Waals surface area contributed by atoms with Gasteiger partial charge in [0.15, 0.2) is 0 Å². The Morgan fingerprint density at radius 3 is 2.00 bits per heavy atom. The normalized spacial score (nSPS) is 25.7. The second-order valence-corrected chi connectivity index (χ2v) is 14.6. The van der Waals surface area contributed by atoms with Crippen LogP contribution in [-0.4, -0.2) is 5.54 Å². The van der Waals surface area contributed by atoms with Crippen molar-refractivity contribution >= 4 is 63.8 Å². The Bertz CT molecular complexity index is 907. The standard InChI is InChI=1S/C19H15P2S2/c22-20(16-9-3-1-4-10-16)15-21(23,17-11-5-2-6-12-17)19-14-8-7-13-18(19)20/h1-15H. The first-order chi connectivity index (χ1) is 11.1. The number of hydrogen-bond donors (Lipinski definition) is 0. The van der Waals surface area contributed by atoms with E-state index in [1.807, 2.05) is 12.1 Å². The molecule has 4 rings (SSSR count). The van der Waals surface area contributed by atoms with Gasteiger partial charge in [-0.15, -0.1) is 0 Å². The summed E-state index contributed by atoms with van der Waals surface area (Å²) in [5.74, 6) is 0. The van der Waals surface area contributed by atoms with Crippen LogP contribution in [0.4, 0.5) is 0 Å². The topological polar surface area (TPSA) is 0 Å². The van der Waals surface area contributed by atoms with Gasteiger partial charge in [-0.3, -0.25) is 0 Å². The lowest BCUT2D eigenvalue weighted by Gasteiger charge is -2.26. The first-order valence-electron chi connectivity index (χ1n) is 7.42. The smallest absolute Gasteiger partial charge is 0.0912 e. The molecule has 3 aromatic carbocycles. The molecule has 2 atom stereocenters. The molecule has 0 fully saturated rings. The third-order valence-electron chi connectivity index (χ3n) is 4.20. The molecule has 1 heterocycles. The Morgan fingerprint density at radius 2 is 1.30 bits per heavy atom. The van der Waals surface area contributed by atoms with Gasteiger partial charge in [0.25, 0.3) is 0 Å². The van der Waals surface area contributed by atoms with Crippen molar-refractivity contribution in [2.75, 3.05) is 0 Å². The molecule has 23 heavy (non-hydrogen) atoms. The Hall–Kier alpha value is -0.910. The average Bonchev–Trinajstić information content (AvgIpc) is 2.87. The quantitative estimate of drug-likeness (QED) is 0.487. The Labute approximate surface area is 148 Å². The average molecular weight is 369 g/mol. The third-order valence-corrected chi connectivity index (χ3v) is 15.5. The molecule has 1 aliphatic rings. The molecule has 0 N–H and O–H groups in total. The molecular formula is C19H15P2S2. The summed E-state index contributed by atoms with van der Waals surface area (Å²) in [5, 5.41) is 5.05. The van der Waals surface area contributed by atoms with Crippen LogP contribution in [0.3, 0.4) is 0 Å². The van der Waals surface area contributed by atoms with Crippen molar-refractivity contribution in [2.24, 2.45) is 0 Å². The van der Waals surface area contributed by atoms with Gasteiger partial charge < -0.3 is 12.2 Å². The van der Waals surface area contributed by atoms with Gasteiger partial charge in [-0.25, -0.2) is 0 Å². The van der Waals surface area contributed by atoms with Gasteiger partial charge in [0.2, 0.25) is 0 Å². The highest BCUT2D eigenvalue weighted by atomic mass is 32.7. The molecule has 4 heteroatoms. The highest BCUT2D eigenvalue weighted by Gasteiger charge is 2.42. The number of rotatable bonds is 2. The molecule has 1 radical (unpaired) electrons. The summed E-state index contributed by atoms with van der Waals surface area (Å²) in [7, 11) is 0. The number of benzene rings is 3. The summed E-state index contributed by atoms with van der Waals surface area (Å²) in [6.07, 6.45) is -1.95. The van der Waals surface area contributed by atoms with Crippen molar-refractivity contribution in [1.82, 2.24) is 0 Å². The minimum atomic E-state index is -1.95. The minimum Gasteiger partial charge on any atom is -0.541 e. The van der Waals surface area contributed by atoms with E-state index < -0.39 is 12.6 Å². The molecule has 0 aromatic heterocycles. The van der Waals surface area contributed by atoms with Crippen LogP contribution in [0, 0.1) is 0 Å². The van der Waals surface area contributed by atoms with E-state index in [-0.39, 0.29) is 0 Å². The minimum absolute atomic E-state index is 1.24. The zero-order valence-corrected chi connectivity index (χ0v) is 15.8. The van der Waals surface area contributed by atoms with E-state index in [0.717, 1.165) is 0 Å². The maximum Gasteiger partial charge on any atom is 0.0912 e. The van der Waals surface area contributed by atoms with Crippen LogP contribution < -0.4 is 21.2 Å². The fourth-order valence-electron chi connectivity index (χ4n) is 3.09. The summed E-state index contributed by atoms with van der Waals surface area (Å²) in [5.41, 5.74) is 2.38. The lowest BCUT2D eigenvalue weighted by molar-refractivity contribution is 1.77. The fraction of sp³-hybridized carbons (Fsp3) is 0. The van der Waals surface area contributed by atoms with Crippen LogP contribution in [0.15, 0.2) is 84.9 Å². The van der Waals surface area contributed by atoms with Crippen molar-refractivity contribution in [3.05, 3.63) is 84.9 Å². The molecule has 0 saturated heterocycles. The fourth-order valence-corrected chi connectivity index (χ4v) is 16.3. The maximum absolute atomic E-state index is 6.25. The molecule has 0 aliphatic carbocycles. The molecule has 0 spiro atoms. The predicted molar refractivity (Wildman–Crippen MR) is 113 cm³/mol. The van der Waals surface area contributed by atoms with E-state index in [1.54, 1.807) is 0 Å². The van der Waals surface area contributed by atoms with Crippen molar-refractivity contribution in [3.8, 4) is 0 Å². The van der Waals surface area contributed by atoms with Gasteiger partial charge in [0.1, 0.15) is 0 Å². The van der Waals surface area contributed by atoms with Crippen LogP contribution in [-0.2, 0) is 12.2 Å². The summed E-state index contributed by atoms with van der Waals surface area (Å²) >= 11 is 12.5. The Kier molecular flexibility index (Phi) is 3.98. The highest BCUT2D eigenvalue weighted by Crippen LogP contribution is 2.67. The lowest BCUT2D eigenvalue weighted by atomic mass is 10.4. The molecule has 3 aromatic rings. The summed E-state index contributed by atoms with van der Waals surface area (Å²) in [6.45, 7) is -1.95. The van der Waals surface area contributed by atoms with E-state index >= 15 is 0 Å². The monoisotopic (exact) mass is 369 g/mol. The largest absolute Gasteiger partial charge is 0.541 e. The van der Waals surface area contributed by atoms with E-state index in [2.05, 4.69) is 78.3 Å². The van der Waals surface area contributed by atoms with Gasteiger partial charge in [-0.05, 0) is 48.3 Å².